The lowest BCUT2D eigenvalue weighted by molar-refractivity contribution is 0.00311. The minimum Gasteiger partial charge on any atom is -0.481 e. The number of hydrogen-bond acceptors (Lipinski definition) is 8. The molecule has 1 N–H and O–H groups in total. The summed E-state index contributed by atoms with van der Waals surface area (Å²) in [5.74, 6) is 0.563. The first-order valence-corrected chi connectivity index (χ1v) is 13.8. The highest BCUT2D eigenvalue weighted by atomic mass is 16.5. The third-order valence-electron chi connectivity index (χ3n) is 8.05. The SMILES string of the molecule is COc1cc([C@](O)(CCN(C)C)[C@@H](c2cc3cc(C#N)ccc3nc2OC)c2cccc3c2CCC3)cc(OC)n1. The van der Waals surface area contributed by atoms with E-state index in [2.05, 4.69) is 34.2 Å². The van der Waals surface area contributed by atoms with E-state index in [1.807, 2.05) is 32.3 Å². The summed E-state index contributed by atoms with van der Waals surface area (Å²) in [5, 5.41) is 23.6. The van der Waals surface area contributed by atoms with Crippen LogP contribution in [0.25, 0.3) is 10.9 Å². The number of fused-ring (bicyclic) bond motifs is 2. The maximum absolute atomic E-state index is 13.2. The molecule has 2 aromatic heterocycles. The Morgan fingerprint density at radius 3 is 2.37 bits per heavy atom. The zero-order chi connectivity index (χ0) is 29.1. The fourth-order valence-electron chi connectivity index (χ4n) is 6.01. The molecule has 0 saturated heterocycles. The molecule has 0 radical (unpaired) electrons. The van der Waals surface area contributed by atoms with Crippen LogP contribution in [0.2, 0.25) is 0 Å². The normalized spacial score (nSPS) is 14.8. The van der Waals surface area contributed by atoms with Crippen LogP contribution in [0.1, 0.15) is 52.1 Å². The van der Waals surface area contributed by atoms with Gasteiger partial charge in [-0.2, -0.15) is 10.2 Å². The van der Waals surface area contributed by atoms with Crippen LogP contribution in [-0.4, -0.2) is 61.9 Å². The van der Waals surface area contributed by atoms with Crippen LogP contribution in [0.15, 0.2) is 54.6 Å². The first kappa shape index (κ1) is 28.3. The van der Waals surface area contributed by atoms with Crippen molar-refractivity contribution in [3.8, 4) is 23.7 Å². The monoisotopic (exact) mass is 552 g/mol. The van der Waals surface area contributed by atoms with Gasteiger partial charge in [-0.25, -0.2) is 4.98 Å². The molecule has 0 aliphatic heterocycles. The minimum absolute atomic E-state index is 0.349. The van der Waals surface area contributed by atoms with E-state index in [0.29, 0.717) is 47.2 Å². The lowest BCUT2D eigenvalue weighted by atomic mass is 9.70. The van der Waals surface area contributed by atoms with E-state index in [1.54, 1.807) is 39.5 Å². The van der Waals surface area contributed by atoms with Gasteiger partial charge in [0.05, 0.1) is 38.5 Å². The molecular formula is C33H36N4O4. The summed E-state index contributed by atoms with van der Waals surface area (Å²) in [6.45, 7) is 0.608. The maximum atomic E-state index is 13.2. The third-order valence-corrected chi connectivity index (χ3v) is 8.05. The van der Waals surface area contributed by atoms with Crippen LogP contribution in [0.3, 0.4) is 0 Å². The van der Waals surface area contributed by atoms with Gasteiger partial charge < -0.3 is 24.2 Å². The second kappa shape index (κ2) is 11.7. The van der Waals surface area contributed by atoms with Crippen LogP contribution in [0.4, 0.5) is 0 Å². The molecule has 8 nitrogen and oxygen atoms in total. The first-order chi connectivity index (χ1) is 19.8. The van der Waals surface area contributed by atoms with E-state index in [-0.39, 0.29) is 0 Å². The van der Waals surface area contributed by atoms with Crippen molar-refractivity contribution in [1.82, 2.24) is 14.9 Å². The van der Waals surface area contributed by atoms with Crippen molar-refractivity contribution in [1.29, 1.82) is 5.26 Å². The molecule has 2 atom stereocenters. The predicted molar refractivity (Wildman–Crippen MR) is 158 cm³/mol. The van der Waals surface area contributed by atoms with Crippen LogP contribution < -0.4 is 14.2 Å². The van der Waals surface area contributed by atoms with Gasteiger partial charge in [0.15, 0.2) is 0 Å². The predicted octanol–water partition coefficient (Wildman–Crippen LogP) is 4.99. The molecule has 0 saturated carbocycles. The molecule has 0 unspecified atom stereocenters. The summed E-state index contributed by atoms with van der Waals surface area (Å²) in [5.41, 5.74) is 4.76. The van der Waals surface area contributed by atoms with Crippen LogP contribution in [-0.2, 0) is 18.4 Å². The average molecular weight is 553 g/mol. The fraction of sp³-hybridized carbons (Fsp3) is 0.364. The van der Waals surface area contributed by atoms with E-state index in [0.717, 1.165) is 35.8 Å². The van der Waals surface area contributed by atoms with Crippen molar-refractivity contribution in [2.45, 2.75) is 37.2 Å². The summed E-state index contributed by atoms with van der Waals surface area (Å²) in [7, 11) is 8.69. The number of benzene rings is 2. The number of pyridine rings is 2. The molecule has 4 aromatic rings. The number of hydrogen-bond donors (Lipinski definition) is 1. The standard InChI is InChI=1S/C33H36N4O4/c1-37(2)15-14-33(38,24-18-29(39-3)36-30(19-24)40-4)31(26-11-7-9-22-8-6-10-25(22)26)27-17-23-16-21(20-34)12-13-28(23)35-32(27)41-5/h7,9,11-13,16-19,31,38H,6,8,10,14-15H2,1-5H3/t31-,33-/m1/s1. The van der Waals surface area contributed by atoms with Crippen molar-refractivity contribution in [3.63, 3.8) is 0 Å². The highest BCUT2D eigenvalue weighted by molar-refractivity contribution is 5.82. The maximum Gasteiger partial charge on any atom is 0.217 e. The van der Waals surface area contributed by atoms with E-state index in [4.69, 9.17) is 19.2 Å². The highest BCUT2D eigenvalue weighted by Crippen LogP contribution is 2.50. The Labute approximate surface area is 241 Å². The van der Waals surface area contributed by atoms with Gasteiger partial charge in [0.1, 0.15) is 5.60 Å². The van der Waals surface area contributed by atoms with Crippen LogP contribution in [0, 0.1) is 11.3 Å². The molecule has 2 heterocycles. The number of aromatic nitrogens is 2. The molecule has 0 spiro atoms. The summed E-state index contributed by atoms with van der Waals surface area (Å²) in [6, 6.07) is 19.6. The van der Waals surface area contributed by atoms with Gasteiger partial charge in [0.2, 0.25) is 17.6 Å². The Bertz CT molecular complexity index is 1590. The smallest absolute Gasteiger partial charge is 0.217 e. The van der Waals surface area contributed by atoms with Crippen LogP contribution in [0.5, 0.6) is 17.6 Å². The van der Waals surface area contributed by atoms with E-state index in [9.17, 15) is 10.4 Å². The number of nitrogens with zero attached hydrogens (tertiary/aromatic N) is 4. The lowest BCUT2D eigenvalue weighted by Crippen LogP contribution is -2.38. The number of rotatable bonds is 10. The van der Waals surface area contributed by atoms with Gasteiger partial charge in [0.25, 0.3) is 0 Å². The van der Waals surface area contributed by atoms with Gasteiger partial charge in [-0.15, -0.1) is 0 Å². The molecule has 212 valence electrons. The van der Waals surface area contributed by atoms with Gasteiger partial charge in [-0.3, -0.25) is 0 Å². The molecule has 2 aromatic carbocycles. The Morgan fingerprint density at radius 1 is 0.951 bits per heavy atom. The molecule has 0 bridgehead atoms. The summed E-state index contributed by atoms with van der Waals surface area (Å²) in [6.07, 6.45) is 3.38. The molecular weight excluding hydrogens is 516 g/mol. The van der Waals surface area contributed by atoms with Gasteiger partial charge in [-0.1, -0.05) is 18.2 Å². The Hall–Kier alpha value is -4.19. The third kappa shape index (κ3) is 5.43. The van der Waals surface area contributed by atoms with Crippen molar-refractivity contribution >= 4 is 10.9 Å². The zero-order valence-electron chi connectivity index (χ0n) is 24.3. The summed E-state index contributed by atoms with van der Waals surface area (Å²) < 4.78 is 17.0. The van der Waals surface area contributed by atoms with Crippen molar-refractivity contribution in [2.75, 3.05) is 42.0 Å². The average Bonchev–Trinajstić information content (AvgIpc) is 3.49. The molecule has 0 fully saturated rings. The van der Waals surface area contributed by atoms with Gasteiger partial charge in [0, 0.05) is 35.5 Å². The fourth-order valence-corrected chi connectivity index (χ4v) is 6.01. The molecule has 41 heavy (non-hydrogen) atoms. The summed E-state index contributed by atoms with van der Waals surface area (Å²) in [4.78, 5) is 11.3. The number of aryl methyl sites for hydroxylation is 1. The number of nitriles is 1. The largest absolute Gasteiger partial charge is 0.481 e. The van der Waals surface area contributed by atoms with E-state index >= 15 is 0 Å². The van der Waals surface area contributed by atoms with E-state index < -0.39 is 11.5 Å². The Kier molecular flexibility index (Phi) is 8.11. The zero-order valence-corrected chi connectivity index (χ0v) is 24.3. The highest BCUT2D eigenvalue weighted by Gasteiger charge is 2.44. The topological polar surface area (TPSA) is 101 Å². The number of methoxy groups -OCH3 is 3. The second-order valence-corrected chi connectivity index (χ2v) is 10.8. The van der Waals surface area contributed by atoms with Crippen molar-refractivity contribution < 1.29 is 19.3 Å². The van der Waals surface area contributed by atoms with Crippen molar-refractivity contribution in [2.24, 2.45) is 0 Å². The van der Waals surface area contributed by atoms with Gasteiger partial charge in [-0.05, 0) is 86.3 Å². The summed E-state index contributed by atoms with van der Waals surface area (Å²) >= 11 is 0. The molecule has 1 aliphatic rings. The molecule has 8 heteroatoms. The van der Waals surface area contributed by atoms with E-state index in [1.165, 1.54) is 11.1 Å². The van der Waals surface area contributed by atoms with Crippen molar-refractivity contribution in [3.05, 3.63) is 88.0 Å². The quantitative estimate of drug-likeness (QED) is 0.294. The lowest BCUT2D eigenvalue weighted by Gasteiger charge is -2.39. The van der Waals surface area contributed by atoms with Gasteiger partial charge >= 0.3 is 0 Å². The Balaban J connectivity index is 1.86. The molecule has 5 rings (SSSR count). The Morgan fingerprint density at radius 2 is 1.71 bits per heavy atom. The van der Waals surface area contributed by atoms with Crippen LogP contribution >= 0.6 is 0 Å². The first-order valence-electron chi connectivity index (χ1n) is 13.8. The number of ether oxygens (including phenoxy) is 3. The number of aliphatic hydroxyl groups is 1. The second-order valence-electron chi connectivity index (χ2n) is 10.8. The molecule has 1 aliphatic carbocycles. The minimum atomic E-state index is -1.44. The molecule has 0 amide bonds.